The maximum Gasteiger partial charge on any atom is 0.228 e. The zero-order valence-corrected chi connectivity index (χ0v) is 16.0. The van der Waals surface area contributed by atoms with Gasteiger partial charge in [0.2, 0.25) is 5.91 Å². The van der Waals surface area contributed by atoms with Gasteiger partial charge in [0.1, 0.15) is 5.82 Å². The van der Waals surface area contributed by atoms with Crippen molar-refractivity contribution in [3.05, 3.63) is 65.2 Å². The third-order valence-corrected chi connectivity index (χ3v) is 5.36. The second-order valence-corrected chi connectivity index (χ2v) is 7.58. The van der Waals surface area contributed by atoms with Crippen molar-refractivity contribution in [2.24, 2.45) is 5.92 Å². The summed E-state index contributed by atoms with van der Waals surface area (Å²) in [6, 6.07) is 17.6. The quantitative estimate of drug-likeness (QED) is 0.638. The molecule has 1 aliphatic carbocycles. The van der Waals surface area contributed by atoms with E-state index < -0.39 is 0 Å². The minimum absolute atomic E-state index is 0.0865. The molecule has 2 aromatic carbocycles. The summed E-state index contributed by atoms with van der Waals surface area (Å²) < 4.78 is 1.80. The Kier molecular flexibility index (Phi) is 4.99. The van der Waals surface area contributed by atoms with Gasteiger partial charge in [-0.1, -0.05) is 54.3 Å². The van der Waals surface area contributed by atoms with Crippen LogP contribution in [-0.2, 0) is 4.79 Å². The van der Waals surface area contributed by atoms with E-state index in [2.05, 4.69) is 12.2 Å². The summed E-state index contributed by atoms with van der Waals surface area (Å²) in [7, 11) is 0. The van der Waals surface area contributed by atoms with Gasteiger partial charge in [-0.25, -0.2) is 4.68 Å². The number of halogens is 1. The Bertz CT molecular complexity index is 939. The van der Waals surface area contributed by atoms with Crippen LogP contribution in [0.5, 0.6) is 0 Å². The fraction of sp³-hybridized carbons (Fsp3) is 0.273. The van der Waals surface area contributed by atoms with Crippen LogP contribution in [0.15, 0.2) is 54.6 Å². The zero-order chi connectivity index (χ0) is 18.8. The minimum Gasteiger partial charge on any atom is -0.310 e. The average Bonchev–Trinajstić information content (AvgIpc) is 3.33. The van der Waals surface area contributed by atoms with Crippen molar-refractivity contribution >= 4 is 23.3 Å². The maximum atomic E-state index is 12.7. The monoisotopic (exact) mass is 379 g/mol. The van der Waals surface area contributed by atoms with Gasteiger partial charge in [0, 0.05) is 22.6 Å². The van der Waals surface area contributed by atoms with Crippen LogP contribution in [0.3, 0.4) is 0 Å². The molecule has 5 heteroatoms. The molecule has 4 nitrogen and oxygen atoms in total. The van der Waals surface area contributed by atoms with Gasteiger partial charge in [-0.05, 0) is 44.0 Å². The van der Waals surface area contributed by atoms with Crippen LogP contribution in [-0.4, -0.2) is 15.7 Å². The molecular weight excluding hydrogens is 358 g/mol. The van der Waals surface area contributed by atoms with E-state index in [1.165, 1.54) is 5.56 Å². The molecule has 1 saturated carbocycles. The van der Waals surface area contributed by atoms with Crippen molar-refractivity contribution in [1.29, 1.82) is 0 Å². The minimum atomic E-state index is 0.0865. The van der Waals surface area contributed by atoms with Crippen LogP contribution in [0, 0.1) is 12.8 Å². The Morgan fingerprint density at radius 2 is 1.74 bits per heavy atom. The maximum absolute atomic E-state index is 12.7. The lowest BCUT2D eigenvalue weighted by Crippen LogP contribution is -2.22. The standard InChI is InChI=1S/C22H22ClN3O/c1-15-6-12-19(13-7-15)26-21(24-22(27)17-4-2-3-5-17)14-20(25-26)16-8-10-18(23)11-9-16/h6-14,17H,2-5H2,1H3,(H,24,27). The number of anilines is 1. The van der Waals surface area contributed by atoms with Crippen LogP contribution in [0.2, 0.25) is 5.02 Å². The van der Waals surface area contributed by atoms with Crippen molar-refractivity contribution in [2.45, 2.75) is 32.6 Å². The molecule has 3 aromatic rings. The van der Waals surface area contributed by atoms with Crippen LogP contribution in [0.1, 0.15) is 31.2 Å². The molecule has 1 amide bonds. The molecule has 0 saturated heterocycles. The molecule has 1 aliphatic rings. The van der Waals surface area contributed by atoms with Gasteiger partial charge in [-0.2, -0.15) is 5.10 Å². The number of aryl methyl sites for hydroxylation is 1. The number of nitrogens with zero attached hydrogens (tertiary/aromatic N) is 2. The van der Waals surface area contributed by atoms with E-state index >= 15 is 0 Å². The molecule has 138 valence electrons. The van der Waals surface area contributed by atoms with Gasteiger partial charge < -0.3 is 5.32 Å². The number of amides is 1. The van der Waals surface area contributed by atoms with Gasteiger partial charge in [-0.3, -0.25) is 4.79 Å². The topological polar surface area (TPSA) is 46.9 Å². The van der Waals surface area contributed by atoms with E-state index in [0.717, 1.165) is 42.6 Å². The molecule has 0 unspecified atom stereocenters. The molecule has 1 aromatic heterocycles. The van der Waals surface area contributed by atoms with Crippen molar-refractivity contribution < 1.29 is 4.79 Å². The summed E-state index contributed by atoms with van der Waals surface area (Å²) in [5.41, 5.74) is 3.86. The van der Waals surface area contributed by atoms with Gasteiger partial charge in [-0.15, -0.1) is 0 Å². The van der Waals surface area contributed by atoms with E-state index in [4.69, 9.17) is 16.7 Å². The normalized spacial score (nSPS) is 14.4. The van der Waals surface area contributed by atoms with E-state index in [-0.39, 0.29) is 11.8 Å². The molecule has 0 atom stereocenters. The first-order valence-electron chi connectivity index (χ1n) is 9.34. The third kappa shape index (κ3) is 3.91. The number of hydrogen-bond donors (Lipinski definition) is 1. The SMILES string of the molecule is Cc1ccc(-n2nc(-c3ccc(Cl)cc3)cc2NC(=O)C2CCCC2)cc1. The molecule has 4 rings (SSSR count). The molecule has 27 heavy (non-hydrogen) atoms. The number of hydrogen-bond acceptors (Lipinski definition) is 2. The Hall–Kier alpha value is -2.59. The van der Waals surface area contributed by atoms with E-state index in [1.54, 1.807) is 4.68 Å². The molecule has 0 bridgehead atoms. The Labute approximate surface area is 164 Å². The number of nitrogens with one attached hydrogen (secondary N) is 1. The van der Waals surface area contributed by atoms with E-state index in [1.807, 2.05) is 54.6 Å². The summed E-state index contributed by atoms with van der Waals surface area (Å²) in [4.78, 5) is 12.7. The smallest absolute Gasteiger partial charge is 0.228 e. The van der Waals surface area contributed by atoms with E-state index in [0.29, 0.717) is 10.8 Å². The number of carbonyl (C=O) groups is 1. The Morgan fingerprint density at radius 3 is 2.41 bits per heavy atom. The Morgan fingerprint density at radius 1 is 1.07 bits per heavy atom. The zero-order valence-electron chi connectivity index (χ0n) is 15.3. The second kappa shape index (κ2) is 7.57. The first kappa shape index (κ1) is 17.8. The third-order valence-electron chi connectivity index (χ3n) is 5.11. The van der Waals surface area contributed by atoms with Gasteiger partial charge in [0.25, 0.3) is 0 Å². The van der Waals surface area contributed by atoms with Gasteiger partial charge in [0.05, 0.1) is 11.4 Å². The first-order valence-corrected chi connectivity index (χ1v) is 9.72. The summed E-state index contributed by atoms with van der Waals surface area (Å²) in [5, 5.41) is 8.54. The highest BCUT2D eigenvalue weighted by atomic mass is 35.5. The predicted octanol–water partition coefficient (Wildman–Crippen LogP) is 5.63. The molecule has 1 N–H and O–H groups in total. The molecular formula is C22H22ClN3O. The highest BCUT2D eigenvalue weighted by Gasteiger charge is 2.24. The second-order valence-electron chi connectivity index (χ2n) is 7.14. The molecule has 1 fully saturated rings. The van der Waals surface area contributed by atoms with Crippen LogP contribution < -0.4 is 5.32 Å². The van der Waals surface area contributed by atoms with E-state index in [9.17, 15) is 4.79 Å². The van der Waals surface area contributed by atoms with Crippen molar-refractivity contribution in [3.8, 4) is 16.9 Å². The molecule has 0 aliphatic heterocycles. The van der Waals surface area contributed by atoms with Gasteiger partial charge in [0.15, 0.2) is 0 Å². The Balaban J connectivity index is 1.71. The summed E-state index contributed by atoms with van der Waals surface area (Å²) in [6.07, 6.45) is 4.19. The summed E-state index contributed by atoms with van der Waals surface area (Å²) in [5.74, 6) is 0.884. The fourth-order valence-electron chi connectivity index (χ4n) is 3.53. The van der Waals surface area contributed by atoms with Crippen molar-refractivity contribution in [1.82, 2.24) is 9.78 Å². The number of benzene rings is 2. The van der Waals surface area contributed by atoms with Crippen LogP contribution in [0.25, 0.3) is 16.9 Å². The predicted molar refractivity (Wildman–Crippen MR) is 109 cm³/mol. The van der Waals surface area contributed by atoms with Crippen LogP contribution in [0.4, 0.5) is 5.82 Å². The first-order chi connectivity index (χ1) is 13.1. The van der Waals surface area contributed by atoms with Crippen molar-refractivity contribution in [3.63, 3.8) is 0 Å². The van der Waals surface area contributed by atoms with Crippen LogP contribution >= 0.6 is 11.6 Å². The molecule has 0 radical (unpaired) electrons. The summed E-state index contributed by atoms with van der Waals surface area (Å²) in [6.45, 7) is 2.05. The lowest BCUT2D eigenvalue weighted by atomic mass is 10.1. The number of rotatable bonds is 4. The molecule has 1 heterocycles. The number of aromatic nitrogens is 2. The highest BCUT2D eigenvalue weighted by Crippen LogP contribution is 2.29. The number of carbonyl (C=O) groups excluding carboxylic acids is 1. The lowest BCUT2D eigenvalue weighted by Gasteiger charge is -2.12. The lowest BCUT2D eigenvalue weighted by molar-refractivity contribution is -0.119. The highest BCUT2D eigenvalue weighted by molar-refractivity contribution is 6.30. The fourth-order valence-corrected chi connectivity index (χ4v) is 3.66. The largest absolute Gasteiger partial charge is 0.310 e. The average molecular weight is 380 g/mol. The summed E-state index contributed by atoms with van der Waals surface area (Å²) >= 11 is 6.01. The van der Waals surface area contributed by atoms with Crippen molar-refractivity contribution in [2.75, 3.05) is 5.32 Å². The molecule has 0 spiro atoms. The van der Waals surface area contributed by atoms with Gasteiger partial charge >= 0.3 is 0 Å².